The first-order chi connectivity index (χ1) is 10.2. The van der Waals surface area contributed by atoms with E-state index in [2.05, 4.69) is 26.7 Å². The number of anilines is 3. The van der Waals surface area contributed by atoms with Gasteiger partial charge in [0.05, 0.1) is 12.5 Å². The summed E-state index contributed by atoms with van der Waals surface area (Å²) >= 11 is 0. The topological polar surface area (TPSA) is 82.9 Å². The first-order valence-electron chi connectivity index (χ1n) is 6.52. The summed E-state index contributed by atoms with van der Waals surface area (Å²) in [5, 5.41) is 14.9. The minimum atomic E-state index is 0.352. The summed E-state index contributed by atoms with van der Waals surface area (Å²) in [5.74, 6) is 2.02. The van der Waals surface area contributed by atoms with Crippen molar-refractivity contribution in [3.05, 3.63) is 41.7 Å². The van der Waals surface area contributed by atoms with E-state index >= 15 is 0 Å². The Hall–Kier alpha value is -2.65. The van der Waals surface area contributed by atoms with E-state index in [1.807, 2.05) is 30.3 Å². The first-order valence-corrected chi connectivity index (χ1v) is 6.52. The van der Waals surface area contributed by atoms with Gasteiger partial charge in [-0.3, -0.25) is 0 Å². The van der Waals surface area contributed by atoms with Crippen molar-refractivity contribution >= 4 is 17.3 Å². The molecule has 108 valence electrons. The van der Waals surface area contributed by atoms with Crippen LogP contribution in [-0.4, -0.2) is 24.1 Å². The Morgan fingerprint density at radius 2 is 1.90 bits per heavy atom. The highest BCUT2D eigenvalue weighted by Gasteiger charge is 2.04. The van der Waals surface area contributed by atoms with Gasteiger partial charge < -0.3 is 15.4 Å². The van der Waals surface area contributed by atoms with Crippen molar-refractivity contribution in [2.24, 2.45) is 0 Å². The van der Waals surface area contributed by atoms with E-state index in [0.717, 1.165) is 17.1 Å². The zero-order chi connectivity index (χ0) is 15.1. The lowest BCUT2D eigenvalue weighted by atomic mass is 10.1. The van der Waals surface area contributed by atoms with Crippen LogP contribution in [0.15, 0.2) is 30.3 Å². The van der Waals surface area contributed by atoms with Crippen molar-refractivity contribution in [3.8, 4) is 6.07 Å². The Morgan fingerprint density at radius 3 is 2.52 bits per heavy atom. The Labute approximate surface area is 123 Å². The molecule has 1 aromatic carbocycles. The molecule has 6 heteroatoms. The predicted molar refractivity (Wildman–Crippen MR) is 81.3 cm³/mol. The van der Waals surface area contributed by atoms with Gasteiger partial charge in [0, 0.05) is 25.9 Å². The van der Waals surface area contributed by atoms with Crippen molar-refractivity contribution in [2.75, 3.05) is 24.8 Å². The fraction of sp³-hybridized carbons (Fsp3) is 0.267. The van der Waals surface area contributed by atoms with Crippen LogP contribution in [0.1, 0.15) is 11.4 Å². The van der Waals surface area contributed by atoms with Crippen LogP contribution in [-0.2, 0) is 17.8 Å². The van der Waals surface area contributed by atoms with Crippen LogP contribution in [0.25, 0.3) is 0 Å². The van der Waals surface area contributed by atoms with Gasteiger partial charge in [0.1, 0.15) is 18.2 Å². The summed E-state index contributed by atoms with van der Waals surface area (Å²) in [5.41, 5.74) is 1.89. The number of nitrogens with zero attached hydrogens (tertiary/aromatic N) is 3. The number of methoxy groups -OCH3 is 1. The minimum Gasteiger partial charge on any atom is -0.377 e. The zero-order valence-electron chi connectivity index (χ0n) is 12.1. The van der Waals surface area contributed by atoms with Gasteiger partial charge in [-0.25, -0.2) is 9.97 Å². The monoisotopic (exact) mass is 283 g/mol. The molecule has 0 saturated heterocycles. The maximum absolute atomic E-state index is 8.66. The fourth-order valence-corrected chi connectivity index (χ4v) is 1.83. The predicted octanol–water partition coefficient (Wildman–Crippen LogP) is 2.47. The van der Waals surface area contributed by atoms with Crippen molar-refractivity contribution in [1.29, 1.82) is 5.26 Å². The number of aromatic nitrogens is 2. The van der Waals surface area contributed by atoms with E-state index in [1.54, 1.807) is 14.2 Å². The highest BCUT2D eigenvalue weighted by Crippen LogP contribution is 2.18. The number of nitrogens with one attached hydrogen (secondary N) is 2. The van der Waals surface area contributed by atoms with Gasteiger partial charge in [0.25, 0.3) is 0 Å². The second kappa shape index (κ2) is 7.22. The Kier molecular flexibility index (Phi) is 5.07. The molecule has 0 unspecified atom stereocenters. The van der Waals surface area contributed by atoms with Crippen LogP contribution < -0.4 is 10.6 Å². The highest BCUT2D eigenvalue weighted by molar-refractivity contribution is 5.59. The maximum atomic E-state index is 8.66. The number of hydrogen-bond donors (Lipinski definition) is 2. The number of ether oxygens (including phenoxy) is 1. The van der Waals surface area contributed by atoms with E-state index in [1.165, 1.54) is 0 Å². The molecule has 0 atom stereocenters. The van der Waals surface area contributed by atoms with Crippen LogP contribution in [0.2, 0.25) is 0 Å². The summed E-state index contributed by atoms with van der Waals surface area (Å²) in [7, 11) is 3.41. The maximum Gasteiger partial charge on any atom is 0.158 e. The standard InChI is InChI=1S/C15H17N5O/c1-17-13-9-14(20-15(19-13)10-21-2)18-12-5-3-11(4-6-12)7-8-16/h3-6,9H,7,10H2,1-2H3,(H2,17,18,19,20). The second-order valence-electron chi connectivity index (χ2n) is 4.39. The number of nitriles is 1. The van der Waals surface area contributed by atoms with Crippen LogP contribution in [0.3, 0.4) is 0 Å². The molecule has 1 heterocycles. The summed E-state index contributed by atoms with van der Waals surface area (Å²) in [6.45, 7) is 0.352. The molecule has 0 aliphatic rings. The van der Waals surface area contributed by atoms with Crippen molar-refractivity contribution in [1.82, 2.24) is 9.97 Å². The van der Waals surface area contributed by atoms with Gasteiger partial charge in [-0.1, -0.05) is 12.1 Å². The normalized spacial score (nSPS) is 9.95. The van der Waals surface area contributed by atoms with Crippen LogP contribution in [0.5, 0.6) is 0 Å². The van der Waals surface area contributed by atoms with Gasteiger partial charge in [-0.2, -0.15) is 5.26 Å². The Morgan fingerprint density at radius 1 is 1.19 bits per heavy atom. The molecule has 2 N–H and O–H groups in total. The molecule has 21 heavy (non-hydrogen) atoms. The Bertz CT molecular complexity index is 634. The molecule has 0 saturated carbocycles. The Balaban J connectivity index is 2.18. The average molecular weight is 283 g/mol. The van der Waals surface area contributed by atoms with Crippen molar-refractivity contribution in [3.63, 3.8) is 0 Å². The fourth-order valence-electron chi connectivity index (χ4n) is 1.83. The quantitative estimate of drug-likeness (QED) is 0.847. The summed E-state index contributed by atoms with van der Waals surface area (Å²) in [4.78, 5) is 8.68. The highest BCUT2D eigenvalue weighted by atomic mass is 16.5. The SMILES string of the molecule is CNc1cc(Nc2ccc(CC#N)cc2)nc(COC)n1. The molecule has 1 aromatic heterocycles. The summed E-state index contributed by atoms with van der Waals surface area (Å²) in [6, 6.07) is 11.6. The molecule has 0 spiro atoms. The molecule has 2 aromatic rings. The number of benzene rings is 1. The lowest BCUT2D eigenvalue weighted by Gasteiger charge is -2.10. The third-order valence-corrected chi connectivity index (χ3v) is 2.81. The van der Waals surface area contributed by atoms with E-state index in [0.29, 0.717) is 24.7 Å². The molecule has 0 aliphatic carbocycles. The van der Waals surface area contributed by atoms with Gasteiger partial charge in [0.15, 0.2) is 5.82 Å². The molecule has 0 fully saturated rings. The van der Waals surface area contributed by atoms with Gasteiger partial charge in [0.2, 0.25) is 0 Å². The lowest BCUT2D eigenvalue weighted by molar-refractivity contribution is 0.178. The summed E-state index contributed by atoms with van der Waals surface area (Å²) < 4.78 is 5.06. The molecule has 0 amide bonds. The van der Waals surface area contributed by atoms with Crippen molar-refractivity contribution in [2.45, 2.75) is 13.0 Å². The molecule has 6 nitrogen and oxygen atoms in total. The van der Waals surface area contributed by atoms with E-state index in [-0.39, 0.29) is 0 Å². The average Bonchev–Trinajstić information content (AvgIpc) is 2.49. The van der Waals surface area contributed by atoms with Gasteiger partial charge in [-0.15, -0.1) is 0 Å². The van der Waals surface area contributed by atoms with Crippen LogP contribution in [0, 0.1) is 11.3 Å². The molecular formula is C15H17N5O. The van der Waals surface area contributed by atoms with E-state index in [9.17, 15) is 0 Å². The minimum absolute atomic E-state index is 0.352. The molecule has 0 radical (unpaired) electrons. The molecular weight excluding hydrogens is 266 g/mol. The summed E-state index contributed by atoms with van der Waals surface area (Å²) in [6.07, 6.45) is 0.412. The molecule has 0 aliphatic heterocycles. The smallest absolute Gasteiger partial charge is 0.158 e. The lowest BCUT2D eigenvalue weighted by Crippen LogP contribution is -2.04. The van der Waals surface area contributed by atoms with Crippen LogP contribution in [0.4, 0.5) is 17.3 Å². The van der Waals surface area contributed by atoms with E-state index < -0.39 is 0 Å². The van der Waals surface area contributed by atoms with Gasteiger partial charge in [-0.05, 0) is 17.7 Å². The number of rotatable bonds is 6. The van der Waals surface area contributed by atoms with Gasteiger partial charge >= 0.3 is 0 Å². The first kappa shape index (κ1) is 14.8. The second-order valence-corrected chi connectivity index (χ2v) is 4.39. The number of hydrogen-bond acceptors (Lipinski definition) is 6. The third kappa shape index (κ3) is 4.16. The van der Waals surface area contributed by atoms with Crippen LogP contribution >= 0.6 is 0 Å². The third-order valence-electron chi connectivity index (χ3n) is 2.81. The van der Waals surface area contributed by atoms with Crippen molar-refractivity contribution < 1.29 is 4.74 Å². The molecule has 2 rings (SSSR count). The van der Waals surface area contributed by atoms with E-state index in [4.69, 9.17) is 10.00 Å². The molecule has 0 bridgehead atoms. The zero-order valence-corrected chi connectivity index (χ0v) is 12.1. The largest absolute Gasteiger partial charge is 0.377 e.